The SMILES string of the molecule is CCCOc1cc(-n2ccnc2CCN)cc([N+](=O)[O-])c1. The van der Waals surface area contributed by atoms with E-state index in [0.29, 0.717) is 31.0 Å². The zero-order chi connectivity index (χ0) is 15.2. The number of hydrogen-bond acceptors (Lipinski definition) is 5. The Balaban J connectivity index is 2.43. The number of ether oxygens (including phenoxy) is 1. The van der Waals surface area contributed by atoms with Gasteiger partial charge in [0.1, 0.15) is 11.6 Å². The van der Waals surface area contributed by atoms with Gasteiger partial charge in [0.05, 0.1) is 23.3 Å². The summed E-state index contributed by atoms with van der Waals surface area (Å²) >= 11 is 0. The Bertz CT molecular complexity index is 624. The van der Waals surface area contributed by atoms with Crippen molar-refractivity contribution in [1.82, 2.24) is 9.55 Å². The number of non-ortho nitro benzene ring substituents is 1. The van der Waals surface area contributed by atoms with Crippen molar-refractivity contribution in [3.63, 3.8) is 0 Å². The van der Waals surface area contributed by atoms with Crippen molar-refractivity contribution < 1.29 is 9.66 Å². The van der Waals surface area contributed by atoms with Gasteiger partial charge < -0.3 is 15.0 Å². The molecule has 1 aromatic carbocycles. The van der Waals surface area contributed by atoms with E-state index in [9.17, 15) is 10.1 Å². The van der Waals surface area contributed by atoms with E-state index in [1.54, 1.807) is 23.0 Å². The van der Waals surface area contributed by atoms with Gasteiger partial charge in [0, 0.05) is 30.9 Å². The van der Waals surface area contributed by atoms with Crippen LogP contribution < -0.4 is 10.5 Å². The number of benzene rings is 1. The lowest BCUT2D eigenvalue weighted by atomic mass is 10.2. The quantitative estimate of drug-likeness (QED) is 0.622. The summed E-state index contributed by atoms with van der Waals surface area (Å²) in [6, 6.07) is 4.70. The van der Waals surface area contributed by atoms with Crippen molar-refractivity contribution in [2.45, 2.75) is 19.8 Å². The smallest absolute Gasteiger partial charge is 0.275 e. The highest BCUT2D eigenvalue weighted by molar-refractivity contribution is 5.50. The summed E-state index contributed by atoms with van der Waals surface area (Å²) in [5, 5.41) is 11.1. The monoisotopic (exact) mass is 290 g/mol. The predicted octanol–water partition coefficient (Wildman–Crippen LogP) is 2.07. The average molecular weight is 290 g/mol. The van der Waals surface area contributed by atoms with Gasteiger partial charge >= 0.3 is 0 Å². The fraction of sp³-hybridized carbons (Fsp3) is 0.357. The van der Waals surface area contributed by atoms with Crippen molar-refractivity contribution in [3.05, 3.63) is 46.5 Å². The molecule has 1 heterocycles. The van der Waals surface area contributed by atoms with E-state index in [1.165, 1.54) is 12.1 Å². The van der Waals surface area contributed by atoms with Crippen LogP contribution in [0.4, 0.5) is 5.69 Å². The third-order valence-electron chi connectivity index (χ3n) is 2.92. The number of rotatable bonds is 7. The van der Waals surface area contributed by atoms with E-state index < -0.39 is 4.92 Å². The van der Waals surface area contributed by atoms with Crippen LogP contribution in [-0.4, -0.2) is 27.6 Å². The first-order valence-electron chi connectivity index (χ1n) is 6.80. The Kier molecular flexibility index (Phi) is 4.89. The fourth-order valence-corrected chi connectivity index (χ4v) is 2.00. The molecule has 7 heteroatoms. The van der Waals surface area contributed by atoms with Crippen molar-refractivity contribution in [2.24, 2.45) is 5.73 Å². The second-order valence-corrected chi connectivity index (χ2v) is 4.54. The molecule has 0 spiro atoms. The number of aromatic nitrogens is 2. The molecule has 0 fully saturated rings. The molecule has 0 amide bonds. The number of nitro groups is 1. The van der Waals surface area contributed by atoms with E-state index in [-0.39, 0.29) is 5.69 Å². The summed E-state index contributed by atoms with van der Waals surface area (Å²) in [6.45, 7) is 2.96. The Hall–Kier alpha value is -2.41. The van der Waals surface area contributed by atoms with Crippen LogP contribution in [0.15, 0.2) is 30.6 Å². The predicted molar refractivity (Wildman–Crippen MR) is 78.8 cm³/mol. The van der Waals surface area contributed by atoms with Gasteiger partial charge in [-0.3, -0.25) is 10.1 Å². The highest BCUT2D eigenvalue weighted by Crippen LogP contribution is 2.26. The number of nitro benzene ring substituents is 1. The van der Waals surface area contributed by atoms with Crippen LogP contribution in [-0.2, 0) is 6.42 Å². The first-order valence-corrected chi connectivity index (χ1v) is 6.80. The van der Waals surface area contributed by atoms with Crippen LogP contribution in [0.5, 0.6) is 5.75 Å². The molecule has 2 N–H and O–H groups in total. The van der Waals surface area contributed by atoms with Gasteiger partial charge in [-0.05, 0) is 13.0 Å². The third-order valence-corrected chi connectivity index (χ3v) is 2.92. The standard InChI is InChI=1S/C14H18N4O3/c1-2-7-21-13-9-11(8-12(10-13)18(19)20)17-6-5-16-14(17)3-4-15/h5-6,8-10H,2-4,7,15H2,1H3. The third kappa shape index (κ3) is 3.57. The lowest BCUT2D eigenvalue weighted by molar-refractivity contribution is -0.384. The molecule has 21 heavy (non-hydrogen) atoms. The van der Waals surface area contributed by atoms with Gasteiger partial charge in [-0.15, -0.1) is 0 Å². The summed E-state index contributed by atoms with van der Waals surface area (Å²) in [4.78, 5) is 14.9. The number of imidazole rings is 1. The molecule has 0 bridgehead atoms. The van der Waals surface area contributed by atoms with Gasteiger partial charge in [-0.25, -0.2) is 4.98 Å². The molecule has 1 aromatic heterocycles. The van der Waals surface area contributed by atoms with Gasteiger partial charge in [0.25, 0.3) is 5.69 Å². The van der Waals surface area contributed by atoms with Crippen LogP contribution in [0.25, 0.3) is 5.69 Å². The molecular weight excluding hydrogens is 272 g/mol. The maximum atomic E-state index is 11.1. The number of nitrogens with two attached hydrogens (primary N) is 1. The summed E-state index contributed by atoms with van der Waals surface area (Å²) in [7, 11) is 0. The maximum absolute atomic E-state index is 11.1. The van der Waals surface area contributed by atoms with E-state index in [1.807, 2.05) is 6.92 Å². The second-order valence-electron chi connectivity index (χ2n) is 4.54. The highest BCUT2D eigenvalue weighted by Gasteiger charge is 2.13. The minimum atomic E-state index is -0.429. The summed E-state index contributed by atoms with van der Waals surface area (Å²) in [5.74, 6) is 1.24. The summed E-state index contributed by atoms with van der Waals surface area (Å²) in [5.41, 5.74) is 6.20. The lowest BCUT2D eigenvalue weighted by Gasteiger charge is -2.10. The topological polar surface area (TPSA) is 96.2 Å². The molecule has 0 atom stereocenters. The van der Waals surface area contributed by atoms with Crippen LogP contribution in [0.2, 0.25) is 0 Å². The molecule has 2 aromatic rings. The molecule has 0 radical (unpaired) electrons. The van der Waals surface area contributed by atoms with Gasteiger partial charge in [0.2, 0.25) is 0 Å². The zero-order valence-electron chi connectivity index (χ0n) is 11.9. The van der Waals surface area contributed by atoms with Gasteiger partial charge in [-0.1, -0.05) is 6.92 Å². The Morgan fingerprint density at radius 3 is 2.90 bits per heavy atom. The molecule has 0 aliphatic carbocycles. The van der Waals surface area contributed by atoms with Crippen molar-refractivity contribution in [2.75, 3.05) is 13.2 Å². The lowest BCUT2D eigenvalue weighted by Crippen LogP contribution is -2.09. The van der Waals surface area contributed by atoms with E-state index in [2.05, 4.69) is 4.98 Å². The largest absolute Gasteiger partial charge is 0.493 e. The van der Waals surface area contributed by atoms with Crippen LogP contribution in [0.1, 0.15) is 19.2 Å². The fourth-order valence-electron chi connectivity index (χ4n) is 2.00. The van der Waals surface area contributed by atoms with Crippen LogP contribution in [0, 0.1) is 10.1 Å². The van der Waals surface area contributed by atoms with Gasteiger partial charge in [-0.2, -0.15) is 0 Å². The average Bonchev–Trinajstić information content (AvgIpc) is 2.93. The first-order chi connectivity index (χ1) is 10.2. The molecule has 0 aliphatic heterocycles. The maximum Gasteiger partial charge on any atom is 0.275 e. The molecular formula is C14H18N4O3. The van der Waals surface area contributed by atoms with Crippen LogP contribution >= 0.6 is 0 Å². The molecule has 0 unspecified atom stereocenters. The zero-order valence-corrected chi connectivity index (χ0v) is 11.9. The Labute approximate surface area is 122 Å². The van der Waals surface area contributed by atoms with Gasteiger partial charge in [0.15, 0.2) is 0 Å². The molecule has 2 rings (SSSR count). The minimum Gasteiger partial charge on any atom is -0.493 e. The van der Waals surface area contributed by atoms with E-state index >= 15 is 0 Å². The van der Waals surface area contributed by atoms with E-state index in [0.717, 1.165) is 12.2 Å². The molecule has 0 aliphatic rings. The van der Waals surface area contributed by atoms with Crippen LogP contribution in [0.3, 0.4) is 0 Å². The van der Waals surface area contributed by atoms with Crippen molar-refractivity contribution in [3.8, 4) is 11.4 Å². The molecule has 0 saturated carbocycles. The second kappa shape index (κ2) is 6.85. The highest BCUT2D eigenvalue weighted by atomic mass is 16.6. The van der Waals surface area contributed by atoms with E-state index in [4.69, 9.17) is 10.5 Å². The molecule has 112 valence electrons. The van der Waals surface area contributed by atoms with Crippen molar-refractivity contribution >= 4 is 5.69 Å². The number of nitrogens with zero attached hydrogens (tertiary/aromatic N) is 3. The normalized spacial score (nSPS) is 10.6. The first kappa shape index (κ1) is 15.0. The Morgan fingerprint density at radius 1 is 1.43 bits per heavy atom. The minimum absolute atomic E-state index is 0.00833. The van der Waals surface area contributed by atoms with Crippen molar-refractivity contribution in [1.29, 1.82) is 0 Å². The molecule has 0 saturated heterocycles. The summed E-state index contributed by atoms with van der Waals surface area (Å²) < 4.78 is 7.31. The number of hydrogen-bond donors (Lipinski definition) is 1. The Morgan fingerprint density at radius 2 is 2.24 bits per heavy atom. The summed E-state index contributed by atoms with van der Waals surface area (Å²) in [6.07, 6.45) is 4.84. The molecule has 7 nitrogen and oxygen atoms in total.